The Labute approximate surface area is 104 Å². The normalized spacial score (nSPS) is 30.1. The molecule has 2 atom stereocenters. The summed E-state index contributed by atoms with van der Waals surface area (Å²) in [6.45, 7) is 5.51. The van der Waals surface area contributed by atoms with E-state index in [-0.39, 0.29) is 6.09 Å². The summed E-state index contributed by atoms with van der Waals surface area (Å²) in [5, 5.41) is 3.39. The van der Waals surface area contributed by atoms with E-state index in [1.807, 2.05) is 4.90 Å². The minimum absolute atomic E-state index is 0.121. The van der Waals surface area contributed by atoms with Gasteiger partial charge in [-0.05, 0) is 38.1 Å². The average molecular weight is 240 g/mol. The van der Waals surface area contributed by atoms with Gasteiger partial charge >= 0.3 is 6.09 Å². The summed E-state index contributed by atoms with van der Waals surface area (Å²) in [6, 6.07) is 0.370. The lowest BCUT2D eigenvalue weighted by Crippen LogP contribution is -2.43. The summed E-state index contributed by atoms with van der Waals surface area (Å²) in [6.07, 6.45) is 5.84. The van der Waals surface area contributed by atoms with Crippen LogP contribution in [0, 0.1) is 5.92 Å². The van der Waals surface area contributed by atoms with Crippen LogP contribution in [0.2, 0.25) is 0 Å². The first-order valence-electron chi connectivity index (χ1n) is 6.91. The van der Waals surface area contributed by atoms with E-state index in [2.05, 4.69) is 12.2 Å². The first kappa shape index (κ1) is 12.7. The molecule has 1 amide bonds. The molecule has 0 spiro atoms. The number of carbonyl (C=O) groups excluding carboxylic acids is 1. The van der Waals surface area contributed by atoms with Gasteiger partial charge < -0.3 is 15.0 Å². The molecular weight excluding hydrogens is 216 g/mol. The van der Waals surface area contributed by atoms with Gasteiger partial charge in [-0.2, -0.15) is 0 Å². The average Bonchev–Trinajstić information content (AvgIpc) is 2.37. The Kier molecular flexibility index (Phi) is 4.66. The minimum atomic E-state index is -0.121. The maximum Gasteiger partial charge on any atom is 0.409 e. The summed E-state index contributed by atoms with van der Waals surface area (Å²) in [7, 11) is 0. The molecule has 0 aromatic rings. The molecule has 4 heteroatoms. The second-order valence-corrected chi connectivity index (χ2v) is 5.42. The van der Waals surface area contributed by atoms with E-state index < -0.39 is 0 Å². The highest BCUT2D eigenvalue weighted by Crippen LogP contribution is 2.16. The first-order chi connectivity index (χ1) is 8.25. The molecule has 2 fully saturated rings. The van der Waals surface area contributed by atoms with Crippen molar-refractivity contribution in [1.82, 2.24) is 10.2 Å². The number of likely N-dealkylation sites (tertiary alicyclic amines) is 1. The third-order valence-electron chi connectivity index (χ3n) is 3.74. The van der Waals surface area contributed by atoms with Crippen molar-refractivity contribution in [3.05, 3.63) is 0 Å². The fourth-order valence-electron chi connectivity index (χ4n) is 2.68. The standard InChI is InChI=1S/C13H24N2O2/c1-11-5-4-8-15(9-11)13(16)17-10-12-6-2-3-7-14-12/h11-12,14H,2-10H2,1H3. The van der Waals surface area contributed by atoms with Crippen molar-refractivity contribution in [2.45, 2.75) is 45.1 Å². The topological polar surface area (TPSA) is 41.6 Å². The van der Waals surface area contributed by atoms with Gasteiger partial charge in [0.05, 0.1) is 0 Å². The Morgan fingerprint density at radius 1 is 1.35 bits per heavy atom. The molecule has 0 bridgehead atoms. The van der Waals surface area contributed by atoms with Crippen LogP contribution >= 0.6 is 0 Å². The third kappa shape index (κ3) is 3.87. The van der Waals surface area contributed by atoms with E-state index in [1.54, 1.807) is 0 Å². The van der Waals surface area contributed by atoms with Crippen molar-refractivity contribution < 1.29 is 9.53 Å². The summed E-state index contributed by atoms with van der Waals surface area (Å²) in [5.74, 6) is 0.615. The van der Waals surface area contributed by atoms with Gasteiger partial charge in [-0.3, -0.25) is 0 Å². The van der Waals surface area contributed by atoms with Gasteiger partial charge in [0.1, 0.15) is 6.61 Å². The number of ether oxygens (including phenoxy) is 1. The van der Waals surface area contributed by atoms with Crippen molar-refractivity contribution in [3.63, 3.8) is 0 Å². The van der Waals surface area contributed by atoms with Crippen LogP contribution in [0.5, 0.6) is 0 Å². The van der Waals surface area contributed by atoms with E-state index in [0.29, 0.717) is 18.6 Å². The van der Waals surface area contributed by atoms with Crippen molar-refractivity contribution >= 4 is 6.09 Å². The molecule has 98 valence electrons. The minimum Gasteiger partial charge on any atom is -0.448 e. The number of amides is 1. The van der Waals surface area contributed by atoms with Crippen LogP contribution in [-0.2, 0) is 4.74 Å². The number of hydrogen-bond donors (Lipinski definition) is 1. The summed E-state index contributed by atoms with van der Waals surface area (Å²) < 4.78 is 5.39. The predicted molar refractivity (Wildman–Crippen MR) is 67.0 cm³/mol. The lowest BCUT2D eigenvalue weighted by molar-refractivity contribution is 0.0757. The Morgan fingerprint density at radius 2 is 2.24 bits per heavy atom. The van der Waals surface area contributed by atoms with E-state index in [9.17, 15) is 4.79 Å². The van der Waals surface area contributed by atoms with Crippen molar-refractivity contribution in [1.29, 1.82) is 0 Å². The molecule has 2 aliphatic heterocycles. The monoisotopic (exact) mass is 240 g/mol. The molecule has 2 saturated heterocycles. The maximum absolute atomic E-state index is 11.9. The zero-order chi connectivity index (χ0) is 12.1. The number of piperidine rings is 2. The van der Waals surface area contributed by atoms with Crippen LogP contribution in [0.1, 0.15) is 39.0 Å². The van der Waals surface area contributed by atoms with Gasteiger partial charge in [-0.15, -0.1) is 0 Å². The SMILES string of the molecule is CC1CCCN(C(=O)OCC2CCCCN2)C1. The van der Waals surface area contributed by atoms with Crippen molar-refractivity contribution in [3.8, 4) is 0 Å². The van der Waals surface area contributed by atoms with Crippen LogP contribution in [0.25, 0.3) is 0 Å². The third-order valence-corrected chi connectivity index (χ3v) is 3.74. The van der Waals surface area contributed by atoms with Crippen LogP contribution in [0.4, 0.5) is 4.79 Å². The Balaban J connectivity index is 1.69. The maximum atomic E-state index is 11.9. The van der Waals surface area contributed by atoms with Gasteiger partial charge in [0.15, 0.2) is 0 Å². The van der Waals surface area contributed by atoms with Gasteiger partial charge in [-0.25, -0.2) is 4.79 Å². The Hall–Kier alpha value is -0.770. The molecule has 1 N–H and O–H groups in total. The molecule has 2 unspecified atom stereocenters. The number of hydrogen-bond acceptors (Lipinski definition) is 3. The largest absolute Gasteiger partial charge is 0.448 e. The van der Waals surface area contributed by atoms with Gasteiger partial charge in [-0.1, -0.05) is 13.3 Å². The van der Waals surface area contributed by atoms with Crippen LogP contribution in [0.15, 0.2) is 0 Å². The number of carbonyl (C=O) groups is 1. The van der Waals surface area contributed by atoms with Crippen molar-refractivity contribution in [2.75, 3.05) is 26.2 Å². The Bertz CT molecular complexity index is 252. The molecule has 17 heavy (non-hydrogen) atoms. The smallest absolute Gasteiger partial charge is 0.409 e. The summed E-state index contributed by atoms with van der Waals surface area (Å²) in [4.78, 5) is 13.7. The van der Waals surface area contributed by atoms with E-state index >= 15 is 0 Å². The number of rotatable bonds is 2. The Morgan fingerprint density at radius 3 is 2.94 bits per heavy atom. The summed E-state index contributed by atoms with van der Waals surface area (Å²) >= 11 is 0. The van der Waals surface area contributed by atoms with E-state index in [0.717, 1.165) is 32.5 Å². The molecule has 0 aromatic carbocycles. The lowest BCUT2D eigenvalue weighted by atomic mass is 10.0. The van der Waals surface area contributed by atoms with Gasteiger partial charge in [0, 0.05) is 19.1 Å². The second-order valence-electron chi connectivity index (χ2n) is 5.42. The molecular formula is C13H24N2O2. The highest BCUT2D eigenvalue weighted by molar-refractivity contribution is 5.67. The van der Waals surface area contributed by atoms with Crippen LogP contribution < -0.4 is 5.32 Å². The first-order valence-corrected chi connectivity index (χ1v) is 6.91. The zero-order valence-electron chi connectivity index (χ0n) is 10.8. The lowest BCUT2D eigenvalue weighted by Gasteiger charge is -2.31. The fraction of sp³-hybridized carbons (Fsp3) is 0.923. The molecule has 2 heterocycles. The van der Waals surface area contributed by atoms with Crippen molar-refractivity contribution in [2.24, 2.45) is 5.92 Å². The van der Waals surface area contributed by atoms with Gasteiger partial charge in [0.2, 0.25) is 0 Å². The molecule has 0 saturated carbocycles. The van der Waals surface area contributed by atoms with E-state index in [4.69, 9.17) is 4.74 Å². The van der Waals surface area contributed by atoms with E-state index in [1.165, 1.54) is 19.3 Å². The quantitative estimate of drug-likeness (QED) is 0.802. The highest BCUT2D eigenvalue weighted by atomic mass is 16.6. The van der Waals surface area contributed by atoms with Gasteiger partial charge in [0.25, 0.3) is 0 Å². The summed E-state index contributed by atoms with van der Waals surface area (Å²) in [5.41, 5.74) is 0. The van der Waals surface area contributed by atoms with Crippen LogP contribution in [-0.4, -0.2) is 43.3 Å². The molecule has 0 radical (unpaired) electrons. The second kappa shape index (κ2) is 6.24. The number of nitrogens with one attached hydrogen (secondary N) is 1. The van der Waals surface area contributed by atoms with Crippen LogP contribution in [0.3, 0.4) is 0 Å². The zero-order valence-corrected chi connectivity index (χ0v) is 10.8. The molecule has 4 nitrogen and oxygen atoms in total. The highest BCUT2D eigenvalue weighted by Gasteiger charge is 2.23. The predicted octanol–water partition coefficient (Wildman–Crippen LogP) is 2.00. The molecule has 0 aromatic heterocycles. The molecule has 0 aliphatic carbocycles. The number of nitrogens with zero attached hydrogens (tertiary/aromatic N) is 1. The fourth-order valence-corrected chi connectivity index (χ4v) is 2.68. The molecule has 2 rings (SSSR count). The molecule has 2 aliphatic rings.